The molecule has 1 saturated heterocycles. The summed E-state index contributed by atoms with van der Waals surface area (Å²) in [6.07, 6.45) is 2.30. The van der Waals surface area contributed by atoms with E-state index in [9.17, 15) is 14.9 Å². The van der Waals surface area contributed by atoms with E-state index in [1.807, 2.05) is 24.3 Å². The molecule has 31 heavy (non-hydrogen) atoms. The number of nitrogens with zero attached hydrogens (tertiary/aromatic N) is 2. The van der Waals surface area contributed by atoms with Gasteiger partial charge in [-0.15, -0.1) is 0 Å². The average molecular weight is 428 g/mol. The molecular formula is C23H29N3O5. The normalized spacial score (nSPS) is 14.4. The smallest absolute Gasteiger partial charge is 0.269 e. The fourth-order valence-corrected chi connectivity index (χ4v) is 3.55. The number of hydrogen-bond acceptors (Lipinski definition) is 6. The van der Waals surface area contributed by atoms with Crippen molar-refractivity contribution >= 4 is 11.6 Å². The largest absolute Gasteiger partial charge is 0.492 e. The van der Waals surface area contributed by atoms with Crippen LogP contribution in [0.2, 0.25) is 0 Å². The van der Waals surface area contributed by atoms with Crippen LogP contribution in [-0.2, 0) is 22.5 Å². The third kappa shape index (κ3) is 7.34. The summed E-state index contributed by atoms with van der Waals surface area (Å²) in [4.78, 5) is 24.8. The number of nitrogens with one attached hydrogen (secondary N) is 1. The minimum absolute atomic E-state index is 0.0138. The molecule has 3 rings (SSSR count). The van der Waals surface area contributed by atoms with Crippen molar-refractivity contribution in [1.29, 1.82) is 0 Å². The van der Waals surface area contributed by atoms with E-state index < -0.39 is 4.92 Å². The molecular weight excluding hydrogens is 398 g/mol. The number of ether oxygens (including phenoxy) is 2. The van der Waals surface area contributed by atoms with Crippen molar-refractivity contribution in [3.05, 3.63) is 69.8 Å². The Morgan fingerprint density at radius 3 is 2.65 bits per heavy atom. The molecule has 166 valence electrons. The van der Waals surface area contributed by atoms with Crippen molar-refractivity contribution in [2.75, 3.05) is 33.4 Å². The molecule has 1 heterocycles. The predicted molar refractivity (Wildman–Crippen MR) is 117 cm³/mol. The summed E-state index contributed by atoms with van der Waals surface area (Å²) < 4.78 is 11.3. The maximum atomic E-state index is 12.2. The fourth-order valence-electron chi connectivity index (χ4n) is 3.55. The quantitative estimate of drug-likeness (QED) is 0.463. The number of benzene rings is 2. The Kier molecular flexibility index (Phi) is 8.37. The number of carbonyl (C=O) groups excluding carboxylic acids is 1. The number of non-ortho nitro benzene ring substituents is 1. The molecule has 1 amide bonds. The van der Waals surface area contributed by atoms with Crippen LogP contribution in [0.25, 0.3) is 0 Å². The van der Waals surface area contributed by atoms with Crippen molar-refractivity contribution in [2.24, 2.45) is 0 Å². The lowest BCUT2D eigenvalue weighted by molar-refractivity contribution is -0.384. The molecule has 0 aliphatic carbocycles. The van der Waals surface area contributed by atoms with Crippen LogP contribution >= 0.6 is 0 Å². The Labute approximate surface area is 182 Å². The second-order valence-corrected chi connectivity index (χ2v) is 7.70. The highest BCUT2D eigenvalue weighted by Crippen LogP contribution is 2.16. The SMILES string of the molecule is CN(CCOc1cccc(CNC(=O)Cc2ccc([N+](=O)[O-])cc2)c1)C1CCOCC1. The number of carbonyl (C=O) groups is 1. The molecule has 0 atom stereocenters. The standard InChI is InChI=1S/C23H29N3O5/c1-25(20-9-12-30-13-10-20)11-14-31-22-4-2-3-19(15-22)17-24-23(27)16-18-5-7-21(8-6-18)26(28)29/h2-8,15,20H,9-14,16-17H2,1H3,(H,24,27). The van der Waals surface area contributed by atoms with Crippen molar-refractivity contribution in [1.82, 2.24) is 10.2 Å². The number of likely N-dealkylation sites (N-methyl/N-ethyl adjacent to an activating group) is 1. The van der Waals surface area contributed by atoms with Gasteiger partial charge < -0.3 is 14.8 Å². The predicted octanol–water partition coefficient (Wildman–Crippen LogP) is 2.94. The van der Waals surface area contributed by atoms with Gasteiger partial charge in [0.2, 0.25) is 5.91 Å². The summed E-state index contributed by atoms with van der Waals surface area (Å²) in [6.45, 7) is 3.50. The van der Waals surface area contributed by atoms with E-state index >= 15 is 0 Å². The summed E-state index contributed by atoms with van der Waals surface area (Å²) in [6, 6.07) is 14.3. The first kappa shape index (κ1) is 22.7. The highest BCUT2D eigenvalue weighted by Gasteiger charge is 2.18. The molecule has 2 aromatic rings. The lowest BCUT2D eigenvalue weighted by atomic mass is 10.1. The second-order valence-electron chi connectivity index (χ2n) is 7.70. The molecule has 0 spiro atoms. The zero-order chi connectivity index (χ0) is 22.1. The minimum atomic E-state index is -0.456. The summed E-state index contributed by atoms with van der Waals surface area (Å²) in [5.74, 6) is 0.640. The maximum absolute atomic E-state index is 12.2. The monoisotopic (exact) mass is 427 g/mol. The Balaban J connectivity index is 1.41. The summed E-state index contributed by atoms with van der Waals surface area (Å²) in [7, 11) is 2.12. The second kappa shape index (κ2) is 11.4. The van der Waals surface area contributed by atoms with Crippen LogP contribution in [0.1, 0.15) is 24.0 Å². The van der Waals surface area contributed by atoms with Crippen molar-refractivity contribution in [3.8, 4) is 5.75 Å². The van der Waals surface area contributed by atoms with Gasteiger partial charge >= 0.3 is 0 Å². The van der Waals surface area contributed by atoms with Crippen molar-refractivity contribution in [3.63, 3.8) is 0 Å². The third-order valence-corrected chi connectivity index (χ3v) is 5.43. The Morgan fingerprint density at radius 2 is 1.94 bits per heavy atom. The van der Waals surface area contributed by atoms with E-state index in [2.05, 4.69) is 17.3 Å². The summed E-state index contributed by atoms with van der Waals surface area (Å²) >= 11 is 0. The molecule has 0 radical (unpaired) electrons. The molecule has 0 bridgehead atoms. The van der Waals surface area contributed by atoms with Gasteiger partial charge in [-0.05, 0) is 43.1 Å². The van der Waals surface area contributed by atoms with Crippen LogP contribution in [0.15, 0.2) is 48.5 Å². The molecule has 0 saturated carbocycles. The Bertz CT molecular complexity index is 866. The van der Waals surface area contributed by atoms with E-state index in [4.69, 9.17) is 9.47 Å². The van der Waals surface area contributed by atoms with Crippen LogP contribution in [0, 0.1) is 10.1 Å². The van der Waals surface area contributed by atoms with Crippen LogP contribution in [0.5, 0.6) is 5.75 Å². The van der Waals surface area contributed by atoms with Crippen LogP contribution in [0.3, 0.4) is 0 Å². The molecule has 8 heteroatoms. The van der Waals surface area contributed by atoms with E-state index in [0.717, 1.165) is 49.5 Å². The van der Waals surface area contributed by atoms with Gasteiger partial charge in [0, 0.05) is 44.5 Å². The topological polar surface area (TPSA) is 93.9 Å². The highest BCUT2D eigenvalue weighted by molar-refractivity contribution is 5.78. The first-order valence-corrected chi connectivity index (χ1v) is 10.5. The van der Waals surface area contributed by atoms with E-state index in [1.54, 1.807) is 12.1 Å². The molecule has 8 nitrogen and oxygen atoms in total. The maximum Gasteiger partial charge on any atom is 0.269 e. The fraction of sp³-hybridized carbons (Fsp3) is 0.435. The zero-order valence-corrected chi connectivity index (χ0v) is 17.8. The van der Waals surface area contributed by atoms with Gasteiger partial charge in [0.25, 0.3) is 5.69 Å². The number of nitro groups is 1. The Hall–Kier alpha value is -2.97. The van der Waals surface area contributed by atoms with Crippen LogP contribution in [-0.4, -0.2) is 55.2 Å². The van der Waals surface area contributed by atoms with Gasteiger partial charge in [-0.25, -0.2) is 0 Å². The van der Waals surface area contributed by atoms with Gasteiger partial charge in [-0.3, -0.25) is 19.8 Å². The van der Waals surface area contributed by atoms with Crippen molar-refractivity contribution < 1.29 is 19.2 Å². The summed E-state index contributed by atoms with van der Waals surface area (Å²) in [5, 5.41) is 13.6. The number of amides is 1. The molecule has 0 unspecified atom stereocenters. The first-order valence-electron chi connectivity index (χ1n) is 10.5. The third-order valence-electron chi connectivity index (χ3n) is 5.43. The van der Waals surface area contributed by atoms with Gasteiger partial charge in [0.15, 0.2) is 0 Å². The lowest BCUT2D eigenvalue weighted by Gasteiger charge is -2.31. The summed E-state index contributed by atoms with van der Waals surface area (Å²) in [5.41, 5.74) is 1.70. The van der Waals surface area contributed by atoms with Crippen LogP contribution in [0.4, 0.5) is 5.69 Å². The molecule has 1 aliphatic rings. The molecule has 0 aromatic heterocycles. The highest BCUT2D eigenvalue weighted by atomic mass is 16.6. The molecule has 1 N–H and O–H groups in total. The Morgan fingerprint density at radius 1 is 1.19 bits per heavy atom. The van der Waals surface area contributed by atoms with E-state index in [1.165, 1.54) is 12.1 Å². The molecule has 1 aliphatic heterocycles. The van der Waals surface area contributed by atoms with Gasteiger partial charge in [0.05, 0.1) is 11.3 Å². The average Bonchev–Trinajstić information content (AvgIpc) is 2.79. The van der Waals surface area contributed by atoms with Gasteiger partial charge in [-0.1, -0.05) is 24.3 Å². The zero-order valence-electron chi connectivity index (χ0n) is 17.8. The number of hydrogen-bond donors (Lipinski definition) is 1. The van der Waals surface area contributed by atoms with Crippen LogP contribution < -0.4 is 10.1 Å². The minimum Gasteiger partial charge on any atom is -0.492 e. The van der Waals surface area contributed by atoms with E-state index in [0.29, 0.717) is 19.2 Å². The van der Waals surface area contributed by atoms with E-state index in [-0.39, 0.29) is 18.0 Å². The molecule has 2 aromatic carbocycles. The van der Waals surface area contributed by atoms with Gasteiger partial charge in [-0.2, -0.15) is 0 Å². The van der Waals surface area contributed by atoms with Gasteiger partial charge in [0.1, 0.15) is 12.4 Å². The molecule has 1 fully saturated rings. The number of nitro benzene ring substituents is 1. The van der Waals surface area contributed by atoms with Crippen molar-refractivity contribution in [2.45, 2.75) is 31.8 Å². The number of rotatable bonds is 10. The lowest BCUT2D eigenvalue weighted by Crippen LogP contribution is -2.38. The first-order chi connectivity index (χ1) is 15.0.